The maximum absolute atomic E-state index is 13.8. The fourth-order valence-corrected chi connectivity index (χ4v) is 3.97. The maximum atomic E-state index is 13.8. The number of benzene rings is 1. The smallest absolute Gasteiger partial charge is 0.223 e. The molecule has 0 saturated carbocycles. The van der Waals surface area contributed by atoms with E-state index < -0.39 is 11.6 Å². The Balaban J connectivity index is 1.62. The second kappa shape index (κ2) is 6.95. The highest BCUT2D eigenvalue weighted by molar-refractivity contribution is 5.76. The first-order chi connectivity index (χ1) is 11.1. The third kappa shape index (κ3) is 3.71. The Bertz CT molecular complexity index is 546. The number of nitrogens with zero attached hydrogens (tertiary/aromatic N) is 1. The van der Waals surface area contributed by atoms with Gasteiger partial charge in [-0.25, -0.2) is 8.78 Å². The Kier molecular flexibility index (Phi) is 4.95. The molecule has 2 aliphatic heterocycles. The monoisotopic (exact) mass is 322 g/mol. The first kappa shape index (κ1) is 16.4. The predicted octanol–water partition coefficient (Wildman–Crippen LogP) is 3.23. The Morgan fingerprint density at radius 1 is 1.22 bits per heavy atom. The Morgan fingerprint density at radius 2 is 1.83 bits per heavy atom. The molecule has 0 spiro atoms. The zero-order chi connectivity index (χ0) is 16.4. The molecule has 126 valence electrons. The summed E-state index contributed by atoms with van der Waals surface area (Å²) in [5.74, 6) is -0.783. The van der Waals surface area contributed by atoms with Crippen molar-refractivity contribution in [1.82, 2.24) is 10.2 Å². The van der Waals surface area contributed by atoms with Gasteiger partial charge in [0.2, 0.25) is 5.91 Å². The first-order valence-corrected chi connectivity index (χ1v) is 8.53. The number of hydrogen-bond acceptors (Lipinski definition) is 2. The summed E-state index contributed by atoms with van der Waals surface area (Å²) in [6.07, 6.45) is 4.96. The van der Waals surface area contributed by atoms with Gasteiger partial charge in [0.05, 0.1) is 6.54 Å². The SMILES string of the molecule is CCN(Cc1c(F)cccc1F)C(=O)CC1CC2CCC(C1)N2. The predicted molar refractivity (Wildman–Crippen MR) is 84.7 cm³/mol. The summed E-state index contributed by atoms with van der Waals surface area (Å²) in [7, 11) is 0. The van der Waals surface area contributed by atoms with Gasteiger partial charge in [0.1, 0.15) is 11.6 Å². The van der Waals surface area contributed by atoms with Gasteiger partial charge in [-0.05, 0) is 50.7 Å². The lowest BCUT2D eigenvalue weighted by molar-refractivity contribution is -0.133. The fourth-order valence-electron chi connectivity index (χ4n) is 3.97. The highest BCUT2D eigenvalue weighted by Crippen LogP contribution is 2.33. The van der Waals surface area contributed by atoms with Crippen LogP contribution in [0.25, 0.3) is 0 Å². The lowest BCUT2D eigenvalue weighted by Gasteiger charge is -2.30. The fraction of sp³-hybridized carbons (Fsp3) is 0.611. The van der Waals surface area contributed by atoms with E-state index in [1.54, 1.807) is 4.90 Å². The number of nitrogens with one attached hydrogen (secondary N) is 1. The van der Waals surface area contributed by atoms with E-state index in [1.807, 2.05) is 6.92 Å². The summed E-state index contributed by atoms with van der Waals surface area (Å²) in [6.45, 7) is 2.32. The van der Waals surface area contributed by atoms with Crippen LogP contribution in [0.3, 0.4) is 0 Å². The minimum atomic E-state index is -0.587. The van der Waals surface area contributed by atoms with Crippen LogP contribution in [0.2, 0.25) is 0 Å². The van der Waals surface area contributed by atoms with E-state index in [9.17, 15) is 13.6 Å². The molecule has 1 amide bonds. The van der Waals surface area contributed by atoms with Crippen LogP contribution in [0, 0.1) is 17.6 Å². The molecule has 2 fully saturated rings. The molecule has 1 N–H and O–H groups in total. The van der Waals surface area contributed by atoms with Crippen molar-refractivity contribution in [3.63, 3.8) is 0 Å². The molecule has 1 aromatic carbocycles. The molecule has 0 aliphatic carbocycles. The average Bonchev–Trinajstić information content (AvgIpc) is 2.86. The number of fused-ring (bicyclic) bond motifs is 2. The van der Waals surface area contributed by atoms with E-state index in [0.717, 1.165) is 12.8 Å². The molecule has 0 radical (unpaired) electrons. The minimum absolute atomic E-state index is 0.00135. The molecule has 2 atom stereocenters. The largest absolute Gasteiger partial charge is 0.338 e. The Hall–Kier alpha value is -1.49. The number of halogens is 2. The van der Waals surface area contributed by atoms with Gasteiger partial charge in [-0.15, -0.1) is 0 Å². The Morgan fingerprint density at radius 3 is 2.39 bits per heavy atom. The summed E-state index contributed by atoms with van der Waals surface area (Å²) in [6, 6.07) is 4.91. The molecule has 2 unspecified atom stereocenters. The average molecular weight is 322 g/mol. The van der Waals surface area contributed by atoms with Crippen molar-refractivity contribution in [2.75, 3.05) is 6.54 Å². The highest BCUT2D eigenvalue weighted by Gasteiger charge is 2.34. The van der Waals surface area contributed by atoms with Gasteiger partial charge in [-0.1, -0.05) is 6.07 Å². The van der Waals surface area contributed by atoms with Gasteiger partial charge in [0.25, 0.3) is 0 Å². The van der Waals surface area contributed by atoms with Crippen LogP contribution in [0.4, 0.5) is 8.78 Å². The lowest BCUT2D eigenvalue weighted by atomic mass is 9.89. The summed E-state index contributed by atoms with van der Waals surface area (Å²) in [4.78, 5) is 14.1. The van der Waals surface area contributed by atoms with Gasteiger partial charge in [-0.3, -0.25) is 4.79 Å². The molecule has 1 aromatic rings. The lowest BCUT2D eigenvalue weighted by Crippen LogP contribution is -2.40. The quantitative estimate of drug-likeness (QED) is 0.903. The van der Waals surface area contributed by atoms with Crippen molar-refractivity contribution in [3.05, 3.63) is 35.4 Å². The third-order valence-electron chi connectivity index (χ3n) is 5.18. The summed E-state index contributed by atoms with van der Waals surface area (Å²) < 4.78 is 27.6. The standard InChI is InChI=1S/C18H24F2N2O/c1-2-22(11-15-16(19)4-3-5-17(15)20)18(23)10-12-8-13-6-7-14(9-12)21-13/h3-5,12-14,21H,2,6-11H2,1H3. The molecular formula is C18H24F2N2O. The molecule has 2 bridgehead atoms. The first-order valence-electron chi connectivity index (χ1n) is 8.53. The van der Waals surface area contributed by atoms with Gasteiger partial charge in [0, 0.05) is 30.6 Å². The summed E-state index contributed by atoms with van der Waals surface area (Å²) >= 11 is 0. The number of carbonyl (C=O) groups is 1. The van der Waals surface area contributed by atoms with Gasteiger partial charge in [-0.2, -0.15) is 0 Å². The molecule has 3 rings (SSSR count). The van der Waals surface area contributed by atoms with Crippen LogP contribution >= 0.6 is 0 Å². The van der Waals surface area contributed by atoms with Crippen molar-refractivity contribution in [2.45, 2.75) is 57.7 Å². The number of piperidine rings is 1. The number of carbonyl (C=O) groups excluding carboxylic acids is 1. The van der Waals surface area contributed by atoms with Crippen molar-refractivity contribution in [3.8, 4) is 0 Å². The maximum Gasteiger partial charge on any atom is 0.223 e. The van der Waals surface area contributed by atoms with Gasteiger partial charge < -0.3 is 10.2 Å². The van der Waals surface area contributed by atoms with Crippen LogP contribution in [0.15, 0.2) is 18.2 Å². The second-order valence-corrected chi connectivity index (χ2v) is 6.79. The minimum Gasteiger partial charge on any atom is -0.338 e. The van der Waals surface area contributed by atoms with Crippen LogP contribution in [-0.4, -0.2) is 29.4 Å². The van der Waals surface area contributed by atoms with Crippen LogP contribution in [0.1, 0.15) is 44.6 Å². The van der Waals surface area contributed by atoms with Crippen molar-refractivity contribution < 1.29 is 13.6 Å². The van der Waals surface area contributed by atoms with Crippen molar-refractivity contribution in [1.29, 1.82) is 0 Å². The van der Waals surface area contributed by atoms with E-state index in [0.29, 0.717) is 31.0 Å². The van der Waals surface area contributed by atoms with Crippen LogP contribution in [0.5, 0.6) is 0 Å². The zero-order valence-corrected chi connectivity index (χ0v) is 13.5. The van der Waals surface area contributed by atoms with Gasteiger partial charge in [0.15, 0.2) is 0 Å². The van der Waals surface area contributed by atoms with Crippen molar-refractivity contribution in [2.24, 2.45) is 5.92 Å². The summed E-state index contributed by atoms with van der Waals surface area (Å²) in [5.41, 5.74) is -0.0203. The van der Waals surface area contributed by atoms with Gasteiger partial charge >= 0.3 is 0 Å². The molecule has 0 aromatic heterocycles. The van der Waals surface area contributed by atoms with E-state index in [4.69, 9.17) is 0 Å². The number of hydrogen-bond donors (Lipinski definition) is 1. The number of amides is 1. The normalized spacial score (nSPS) is 26.3. The molecule has 2 saturated heterocycles. The molecular weight excluding hydrogens is 298 g/mol. The molecule has 3 nitrogen and oxygen atoms in total. The highest BCUT2D eigenvalue weighted by atomic mass is 19.1. The topological polar surface area (TPSA) is 32.3 Å². The van der Waals surface area contributed by atoms with Crippen molar-refractivity contribution >= 4 is 5.91 Å². The van der Waals surface area contributed by atoms with E-state index in [1.165, 1.54) is 31.0 Å². The molecule has 2 heterocycles. The van der Waals surface area contributed by atoms with E-state index in [2.05, 4.69) is 5.32 Å². The second-order valence-electron chi connectivity index (χ2n) is 6.79. The number of rotatable bonds is 5. The van der Waals surface area contributed by atoms with Crippen LogP contribution < -0.4 is 5.32 Å². The van der Waals surface area contributed by atoms with E-state index in [-0.39, 0.29) is 18.0 Å². The zero-order valence-electron chi connectivity index (χ0n) is 13.5. The third-order valence-corrected chi connectivity index (χ3v) is 5.18. The molecule has 23 heavy (non-hydrogen) atoms. The van der Waals surface area contributed by atoms with E-state index >= 15 is 0 Å². The molecule has 2 aliphatic rings. The Labute approximate surface area is 136 Å². The molecule has 5 heteroatoms. The summed E-state index contributed by atoms with van der Waals surface area (Å²) in [5, 5.41) is 3.57. The van der Waals surface area contributed by atoms with Crippen LogP contribution in [-0.2, 0) is 11.3 Å².